The van der Waals surface area contributed by atoms with Crippen LogP contribution in [0, 0.1) is 0 Å². The molecule has 3 aliphatic rings. The van der Waals surface area contributed by atoms with Crippen LogP contribution in [0.3, 0.4) is 0 Å². The molecule has 3 atom stereocenters. The molecule has 27 heavy (non-hydrogen) atoms. The average Bonchev–Trinajstić information content (AvgIpc) is 2.87. The number of urea groups is 1. The van der Waals surface area contributed by atoms with Crippen LogP contribution in [0.2, 0.25) is 0 Å². The fourth-order valence-corrected chi connectivity index (χ4v) is 4.65. The molecule has 4 rings (SSSR count). The second kappa shape index (κ2) is 6.55. The van der Waals surface area contributed by atoms with Gasteiger partial charge in [-0.3, -0.25) is 14.5 Å². The van der Waals surface area contributed by atoms with Crippen LogP contribution < -0.4 is 10.1 Å². The summed E-state index contributed by atoms with van der Waals surface area (Å²) in [5.74, 6) is 0.0633. The third-order valence-electron chi connectivity index (χ3n) is 6.03. The number of fused-ring (bicyclic) bond motifs is 2. The zero-order chi connectivity index (χ0) is 19.2. The lowest BCUT2D eigenvalue weighted by molar-refractivity contribution is -0.143. The standard InChI is InChI=1S/C20H25N3O4/c1-13-6-5-7-14(2)23(13)17(24)12-22-18(25)20(21-19(22)26)10-11-27-16-9-4-3-8-15(16)20/h3-4,8-9,13-14H,5-7,10-12H2,1-2H3,(H,21,26)/t13-,14-,20+/m1/s1. The van der Waals surface area contributed by atoms with Crippen molar-refractivity contribution >= 4 is 17.8 Å². The minimum atomic E-state index is -1.13. The van der Waals surface area contributed by atoms with Crippen molar-refractivity contribution in [2.45, 2.75) is 57.2 Å². The number of nitrogens with zero attached hydrogens (tertiary/aromatic N) is 2. The molecule has 144 valence electrons. The first-order valence-corrected chi connectivity index (χ1v) is 9.61. The van der Waals surface area contributed by atoms with E-state index in [4.69, 9.17) is 4.74 Å². The van der Waals surface area contributed by atoms with E-state index in [2.05, 4.69) is 5.32 Å². The number of rotatable bonds is 2. The van der Waals surface area contributed by atoms with Crippen molar-refractivity contribution in [3.05, 3.63) is 29.8 Å². The molecule has 1 N–H and O–H groups in total. The van der Waals surface area contributed by atoms with E-state index in [0.29, 0.717) is 24.3 Å². The second-order valence-corrected chi connectivity index (χ2v) is 7.75. The van der Waals surface area contributed by atoms with Gasteiger partial charge in [0, 0.05) is 24.1 Å². The monoisotopic (exact) mass is 371 g/mol. The molecule has 0 radical (unpaired) electrons. The molecule has 3 heterocycles. The van der Waals surface area contributed by atoms with Crippen molar-refractivity contribution in [1.82, 2.24) is 15.1 Å². The molecule has 0 unspecified atom stereocenters. The van der Waals surface area contributed by atoms with Crippen molar-refractivity contribution in [3.63, 3.8) is 0 Å². The van der Waals surface area contributed by atoms with Crippen LogP contribution in [0.15, 0.2) is 24.3 Å². The maximum absolute atomic E-state index is 13.3. The average molecular weight is 371 g/mol. The minimum Gasteiger partial charge on any atom is -0.493 e. The number of piperidine rings is 1. The molecule has 2 saturated heterocycles. The lowest BCUT2D eigenvalue weighted by Gasteiger charge is -2.39. The van der Waals surface area contributed by atoms with Gasteiger partial charge in [0.2, 0.25) is 5.91 Å². The fraction of sp³-hybridized carbons (Fsp3) is 0.550. The normalized spacial score (nSPS) is 30.1. The Morgan fingerprint density at radius 2 is 1.93 bits per heavy atom. The van der Waals surface area contributed by atoms with Crippen LogP contribution >= 0.6 is 0 Å². The first-order valence-electron chi connectivity index (χ1n) is 9.61. The van der Waals surface area contributed by atoms with E-state index in [-0.39, 0.29) is 30.4 Å². The van der Waals surface area contributed by atoms with Gasteiger partial charge in [0.25, 0.3) is 5.91 Å². The van der Waals surface area contributed by atoms with Gasteiger partial charge in [-0.25, -0.2) is 4.79 Å². The van der Waals surface area contributed by atoms with Gasteiger partial charge < -0.3 is 15.0 Å². The summed E-state index contributed by atoms with van der Waals surface area (Å²) in [6, 6.07) is 6.98. The number of carbonyl (C=O) groups excluding carboxylic acids is 3. The molecule has 1 spiro atoms. The number of likely N-dealkylation sites (tertiary alicyclic amines) is 1. The van der Waals surface area contributed by atoms with Crippen molar-refractivity contribution in [3.8, 4) is 5.75 Å². The number of hydrogen-bond acceptors (Lipinski definition) is 4. The van der Waals surface area contributed by atoms with E-state index < -0.39 is 11.6 Å². The summed E-state index contributed by atoms with van der Waals surface area (Å²) in [4.78, 5) is 41.7. The number of amides is 4. The largest absolute Gasteiger partial charge is 0.493 e. The molecule has 0 saturated carbocycles. The highest BCUT2D eigenvalue weighted by atomic mass is 16.5. The number of imide groups is 1. The highest BCUT2D eigenvalue weighted by Crippen LogP contribution is 2.41. The van der Waals surface area contributed by atoms with E-state index in [9.17, 15) is 14.4 Å². The Labute approximate surface area is 158 Å². The van der Waals surface area contributed by atoms with E-state index >= 15 is 0 Å². The van der Waals surface area contributed by atoms with Gasteiger partial charge in [-0.05, 0) is 39.2 Å². The Kier molecular flexibility index (Phi) is 4.32. The van der Waals surface area contributed by atoms with E-state index in [1.165, 1.54) is 0 Å². The van der Waals surface area contributed by atoms with E-state index in [0.717, 1.165) is 24.2 Å². The molecule has 7 heteroatoms. The third-order valence-corrected chi connectivity index (χ3v) is 6.03. The van der Waals surface area contributed by atoms with Gasteiger partial charge in [-0.2, -0.15) is 0 Å². The lowest BCUT2D eigenvalue weighted by Crippen LogP contribution is -2.52. The number of para-hydroxylation sites is 1. The Bertz CT molecular complexity index is 785. The van der Waals surface area contributed by atoms with Crippen molar-refractivity contribution < 1.29 is 19.1 Å². The van der Waals surface area contributed by atoms with Gasteiger partial charge in [0.1, 0.15) is 12.3 Å². The maximum atomic E-state index is 13.3. The lowest BCUT2D eigenvalue weighted by atomic mass is 9.84. The number of hydrogen-bond donors (Lipinski definition) is 1. The first-order chi connectivity index (χ1) is 12.9. The van der Waals surface area contributed by atoms with Crippen LogP contribution in [0.5, 0.6) is 5.75 Å². The molecular formula is C20H25N3O4. The van der Waals surface area contributed by atoms with Crippen LogP contribution in [-0.4, -0.2) is 52.9 Å². The summed E-state index contributed by atoms with van der Waals surface area (Å²) >= 11 is 0. The van der Waals surface area contributed by atoms with Crippen LogP contribution in [0.25, 0.3) is 0 Å². The molecule has 0 aromatic heterocycles. The van der Waals surface area contributed by atoms with Crippen LogP contribution in [0.1, 0.15) is 45.1 Å². The van der Waals surface area contributed by atoms with Crippen molar-refractivity contribution in [2.24, 2.45) is 0 Å². The predicted molar refractivity (Wildman–Crippen MR) is 98.1 cm³/mol. The zero-order valence-electron chi connectivity index (χ0n) is 15.7. The van der Waals surface area contributed by atoms with Crippen LogP contribution in [-0.2, 0) is 15.1 Å². The van der Waals surface area contributed by atoms with Gasteiger partial charge in [0.15, 0.2) is 5.54 Å². The summed E-state index contributed by atoms with van der Waals surface area (Å²) in [6.45, 7) is 4.17. The highest BCUT2D eigenvalue weighted by molar-refractivity contribution is 6.09. The second-order valence-electron chi connectivity index (χ2n) is 7.75. The summed E-state index contributed by atoms with van der Waals surface area (Å²) in [5, 5.41) is 2.84. The molecule has 0 bridgehead atoms. The molecule has 2 fully saturated rings. The van der Waals surface area contributed by atoms with Crippen molar-refractivity contribution in [2.75, 3.05) is 13.2 Å². The van der Waals surface area contributed by atoms with Crippen molar-refractivity contribution in [1.29, 1.82) is 0 Å². The summed E-state index contributed by atoms with van der Waals surface area (Å²) in [7, 11) is 0. The van der Waals surface area contributed by atoms with E-state index in [1.54, 1.807) is 12.1 Å². The van der Waals surface area contributed by atoms with Gasteiger partial charge in [0.05, 0.1) is 6.61 Å². The number of benzene rings is 1. The molecule has 3 aliphatic heterocycles. The number of ether oxygens (including phenoxy) is 1. The van der Waals surface area contributed by atoms with Crippen LogP contribution in [0.4, 0.5) is 4.79 Å². The van der Waals surface area contributed by atoms with E-state index in [1.807, 2.05) is 30.9 Å². The molecule has 1 aromatic carbocycles. The SMILES string of the molecule is C[C@@H]1CCC[C@@H](C)N1C(=O)CN1C(=O)N[C@]2(CCOc3ccccc32)C1=O. The minimum absolute atomic E-state index is 0.125. The highest BCUT2D eigenvalue weighted by Gasteiger charge is 2.55. The fourth-order valence-electron chi connectivity index (χ4n) is 4.65. The Morgan fingerprint density at radius 3 is 2.67 bits per heavy atom. The maximum Gasteiger partial charge on any atom is 0.325 e. The first kappa shape index (κ1) is 17.8. The Morgan fingerprint density at radius 1 is 1.22 bits per heavy atom. The van der Waals surface area contributed by atoms with Gasteiger partial charge in [-0.15, -0.1) is 0 Å². The third kappa shape index (κ3) is 2.76. The smallest absolute Gasteiger partial charge is 0.325 e. The summed E-state index contributed by atoms with van der Waals surface area (Å²) in [6.07, 6.45) is 3.35. The molecule has 0 aliphatic carbocycles. The quantitative estimate of drug-likeness (QED) is 0.807. The number of nitrogens with one attached hydrogen (secondary N) is 1. The van der Waals surface area contributed by atoms with Gasteiger partial charge in [-0.1, -0.05) is 18.2 Å². The molecular weight excluding hydrogens is 346 g/mol. The van der Waals surface area contributed by atoms with Gasteiger partial charge >= 0.3 is 6.03 Å². The summed E-state index contributed by atoms with van der Waals surface area (Å²) in [5.41, 5.74) is -0.477. The molecule has 7 nitrogen and oxygen atoms in total. The Balaban J connectivity index is 1.59. The summed E-state index contributed by atoms with van der Waals surface area (Å²) < 4.78 is 5.64. The zero-order valence-corrected chi connectivity index (χ0v) is 15.7. The topological polar surface area (TPSA) is 79.0 Å². The predicted octanol–water partition coefficient (Wildman–Crippen LogP) is 2.01. The number of carbonyl (C=O) groups is 3. The Hall–Kier alpha value is -2.57. The molecule has 1 aromatic rings. The molecule has 4 amide bonds.